The molecule has 1 fully saturated rings. The van der Waals surface area contributed by atoms with Gasteiger partial charge in [-0.15, -0.1) is 0 Å². The van der Waals surface area contributed by atoms with E-state index in [2.05, 4.69) is 41.4 Å². The van der Waals surface area contributed by atoms with Crippen LogP contribution >= 0.6 is 0 Å². The summed E-state index contributed by atoms with van der Waals surface area (Å²) in [5.74, 6) is 0.188. The van der Waals surface area contributed by atoms with Crippen molar-refractivity contribution in [1.29, 1.82) is 0 Å². The lowest BCUT2D eigenvalue weighted by Crippen LogP contribution is -2.34. The number of benzene rings is 2. The molecule has 1 aliphatic rings. The van der Waals surface area contributed by atoms with E-state index in [4.69, 9.17) is 0 Å². The van der Waals surface area contributed by atoms with Gasteiger partial charge in [0.05, 0.1) is 12.5 Å². The minimum atomic E-state index is -0.00695. The molecule has 2 N–H and O–H groups in total. The predicted octanol–water partition coefficient (Wildman–Crippen LogP) is 4.58. The fourth-order valence-corrected chi connectivity index (χ4v) is 3.90. The number of rotatable bonds is 7. The van der Waals surface area contributed by atoms with Crippen LogP contribution in [0.5, 0.6) is 5.75 Å². The van der Waals surface area contributed by atoms with Gasteiger partial charge in [0, 0.05) is 18.8 Å². The van der Waals surface area contributed by atoms with Crippen LogP contribution in [0.3, 0.4) is 0 Å². The van der Waals surface area contributed by atoms with E-state index in [9.17, 15) is 9.90 Å². The summed E-state index contributed by atoms with van der Waals surface area (Å²) in [6.07, 6.45) is 5.97. The highest BCUT2D eigenvalue weighted by atomic mass is 16.3. The first-order chi connectivity index (χ1) is 13.2. The molecule has 4 nitrogen and oxygen atoms in total. The summed E-state index contributed by atoms with van der Waals surface area (Å²) in [7, 11) is 0. The van der Waals surface area contributed by atoms with Crippen LogP contribution in [-0.2, 0) is 11.2 Å². The molecular weight excluding hydrogens is 336 g/mol. The van der Waals surface area contributed by atoms with E-state index in [1.807, 2.05) is 6.07 Å². The molecule has 0 aromatic heterocycles. The highest BCUT2D eigenvalue weighted by molar-refractivity contribution is 5.79. The molecule has 2 aromatic rings. The van der Waals surface area contributed by atoms with Crippen LogP contribution in [0, 0.1) is 0 Å². The van der Waals surface area contributed by atoms with Crippen LogP contribution in [0.15, 0.2) is 48.5 Å². The number of phenols is 1. The van der Waals surface area contributed by atoms with Crippen molar-refractivity contribution >= 4 is 11.6 Å². The lowest BCUT2D eigenvalue weighted by molar-refractivity contribution is -0.121. The maximum atomic E-state index is 12.7. The van der Waals surface area contributed by atoms with Gasteiger partial charge in [-0.05, 0) is 55.0 Å². The molecule has 0 bridgehead atoms. The Hall–Kier alpha value is -2.49. The van der Waals surface area contributed by atoms with Gasteiger partial charge in [0.2, 0.25) is 5.91 Å². The summed E-state index contributed by atoms with van der Waals surface area (Å²) >= 11 is 0. The lowest BCUT2D eigenvalue weighted by Gasteiger charge is -2.32. The number of aromatic hydroxyl groups is 1. The largest absolute Gasteiger partial charge is 0.508 e. The van der Waals surface area contributed by atoms with Crippen molar-refractivity contribution in [2.45, 2.75) is 51.5 Å². The third kappa shape index (κ3) is 5.25. The Balaban J connectivity index is 1.76. The molecule has 3 rings (SSSR count). The molecule has 144 valence electrons. The van der Waals surface area contributed by atoms with Crippen LogP contribution in [-0.4, -0.2) is 24.1 Å². The van der Waals surface area contributed by atoms with Crippen molar-refractivity contribution < 1.29 is 9.90 Å². The number of piperidine rings is 1. The normalized spacial score (nSPS) is 15.4. The van der Waals surface area contributed by atoms with E-state index in [1.165, 1.54) is 30.5 Å². The Morgan fingerprint density at radius 3 is 2.63 bits per heavy atom. The maximum absolute atomic E-state index is 12.7. The number of para-hydroxylation sites is 1. The highest BCUT2D eigenvalue weighted by Crippen LogP contribution is 2.31. The molecule has 1 unspecified atom stereocenters. The van der Waals surface area contributed by atoms with Gasteiger partial charge in [0.25, 0.3) is 0 Å². The first-order valence-corrected chi connectivity index (χ1v) is 10.1. The Bertz CT molecular complexity index is 754. The smallest absolute Gasteiger partial charge is 0.224 e. The van der Waals surface area contributed by atoms with Crippen molar-refractivity contribution in [1.82, 2.24) is 5.32 Å². The van der Waals surface area contributed by atoms with Gasteiger partial charge in [0.1, 0.15) is 5.75 Å². The summed E-state index contributed by atoms with van der Waals surface area (Å²) in [6, 6.07) is 15.4. The van der Waals surface area contributed by atoms with Crippen molar-refractivity contribution in [2.24, 2.45) is 0 Å². The molecule has 1 heterocycles. The second-order valence-electron chi connectivity index (χ2n) is 7.36. The van der Waals surface area contributed by atoms with Gasteiger partial charge in [-0.2, -0.15) is 0 Å². The number of phenolic OH excluding ortho intramolecular Hbond substituents is 1. The maximum Gasteiger partial charge on any atom is 0.224 e. The molecule has 1 atom stereocenters. The monoisotopic (exact) mass is 366 g/mol. The minimum absolute atomic E-state index is 0.00695. The average Bonchev–Trinajstić information content (AvgIpc) is 2.68. The van der Waals surface area contributed by atoms with Crippen molar-refractivity contribution in [3.05, 3.63) is 59.7 Å². The van der Waals surface area contributed by atoms with Crippen LogP contribution in [0.2, 0.25) is 0 Å². The minimum Gasteiger partial charge on any atom is -0.508 e. The van der Waals surface area contributed by atoms with E-state index in [-0.39, 0.29) is 24.1 Å². The molecule has 0 aliphatic carbocycles. The molecule has 0 spiro atoms. The lowest BCUT2D eigenvalue weighted by atomic mass is 9.98. The Labute approximate surface area is 162 Å². The number of carbonyl (C=O) groups is 1. The van der Waals surface area contributed by atoms with Crippen LogP contribution < -0.4 is 10.2 Å². The summed E-state index contributed by atoms with van der Waals surface area (Å²) in [5.41, 5.74) is 3.30. The molecule has 1 amide bonds. The first-order valence-electron chi connectivity index (χ1n) is 10.1. The van der Waals surface area contributed by atoms with E-state index < -0.39 is 0 Å². The number of nitrogens with zero attached hydrogens (tertiary/aromatic N) is 1. The van der Waals surface area contributed by atoms with Gasteiger partial charge in [0.15, 0.2) is 0 Å². The van der Waals surface area contributed by atoms with E-state index in [0.717, 1.165) is 31.5 Å². The predicted molar refractivity (Wildman–Crippen MR) is 110 cm³/mol. The summed E-state index contributed by atoms with van der Waals surface area (Å²) in [5, 5.41) is 12.8. The van der Waals surface area contributed by atoms with Crippen molar-refractivity contribution in [3.63, 3.8) is 0 Å². The Kier molecular flexibility index (Phi) is 6.74. The number of anilines is 1. The topological polar surface area (TPSA) is 52.6 Å². The number of hydrogen-bond donors (Lipinski definition) is 2. The fraction of sp³-hybridized carbons (Fsp3) is 0.435. The Morgan fingerprint density at radius 2 is 1.89 bits per heavy atom. The standard InChI is InChI=1S/C23H30N2O2/c1-2-9-21(24-23(27)17-18-10-8-11-19(26)16-18)20-12-4-5-13-22(20)25-14-6-3-7-15-25/h4-5,8,10-13,16,21,26H,2-3,6-7,9,14-15,17H2,1H3,(H,24,27). The van der Waals surface area contributed by atoms with E-state index >= 15 is 0 Å². The second-order valence-corrected chi connectivity index (χ2v) is 7.36. The van der Waals surface area contributed by atoms with E-state index in [1.54, 1.807) is 18.2 Å². The van der Waals surface area contributed by atoms with Gasteiger partial charge in [-0.25, -0.2) is 0 Å². The van der Waals surface area contributed by atoms with Crippen LogP contribution in [0.1, 0.15) is 56.2 Å². The van der Waals surface area contributed by atoms with Crippen molar-refractivity contribution in [3.8, 4) is 5.75 Å². The third-order valence-corrected chi connectivity index (χ3v) is 5.20. The highest BCUT2D eigenvalue weighted by Gasteiger charge is 2.21. The molecule has 0 radical (unpaired) electrons. The van der Waals surface area contributed by atoms with Gasteiger partial charge in [-0.1, -0.05) is 43.7 Å². The second kappa shape index (κ2) is 9.45. The summed E-state index contributed by atoms with van der Waals surface area (Å²) in [6.45, 7) is 4.33. The number of amides is 1. The third-order valence-electron chi connectivity index (χ3n) is 5.20. The van der Waals surface area contributed by atoms with Gasteiger partial charge < -0.3 is 15.3 Å². The quantitative estimate of drug-likeness (QED) is 0.754. The van der Waals surface area contributed by atoms with Gasteiger partial charge >= 0.3 is 0 Å². The molecule has 1 saturated heterocycles. The molecule has 2 aromatic carbocycles. The Morgan fingerprint density at radius 1 is 1.11 bits per heavy atom. The summed E-state index contributed by atoms with van der Waals surface area (Å²) < 4.78 is 0. The van der Waals surface area contributed by atoms with Gasteiger partial charge in [-0.3, -0.25) is 4.79 Å². The first kappa shape index (κ1) is 19.3. The van der Waals surface area contributed by atoms with Crippen molar-refractivity contribution in [2.75, 3.05) is 18.0 Å². The average molecular weight is 367 g/mol. The molecule has 4 heteroatoms. The number of carbonyl (C=O) groups excluding carboxylic acids is 1. The number of nitrogens with one attached hydrogen (secondary N) is 1. The SMILES string of the molecule is CCCC(NC(=O)Cc1cccc(O)c1)c1ccccc1N1CCCCC1. The molecule has 0 saturated carbocycles. The summed E-state index contributed by atoms with van der Waals surface area (Å²) in [4.78, 5) is 15.1. The number of hydrogen-bond acceptors (Lipinski definition) is 3. The zero-order valence-corrected chi connectivity index (χ0v) is 16.2. The molecular formula is C23H30N2O2. The zero-order valence-electron chi connectivity index (χ0n) is 16.2. The molecule has 27 heavy (non-hydrogen) atoms. The van der Waals surface area contributed by atoms with E-state index in [0.29, 0.717) is 0 Å². The fourth-order valence-electron chi connectivity index (χ4n) is 3.90. The molecule has 1 aliphatic heterocycles. The van der Waals surface area contributed by atoms with Crippen LogP contribution in [0.25, 0.3) is 0 Å². The zero-order chi connectivity index (χ0) is 19.1. The van der Waals surface area contributed by atoms with Crippen LogP contribution in [0.4, 0.5) is 5.69 Å².